The lowest BCUT2D eigenvalue weighted by atomic mass is 9.98. The van der Waals surface area contributed by atoms with Gasteiger partial charge in [0.2, 0.25) is 0 Å². The van der Waals surface area contributed by atoms with Crippen molar-refractivity contribution in [2.45, 2.75) is 33.9 Å². The first-order chi connectivity index (χ1) is 6.51. The molecule has 0 amide bonds. The zero-order valence-electron chi connectivity index (χ0n) is 8.91. The smallest absolute Gasteiger partial charge is 0.164 e. The molecule has 0 aromatic carbocycles. The van der Waals surface area contributed by atoms with Crippen LogP contribution in [-0.4, -0.2) is 14.8 Å². The Morgan fingerprint density at radius 2 is 2.21 bits per heavy atom. The number of nitrogens with two attached hydrogens (primary N) is 1. The van der Waals surface area contributed by atoms with Crippen molar-refractivity contribution in [1.82, 2.24) is 14.8 Å². The van der Waals surface area contributed by atoms with Crippen molar-refractivity contribution in [3.8, 4) is 11.8 Å². The molecule has 14 heavy (non-hydrogen) atoms. The molecule has 0 aliphatic carbocycles. The highest BCUT2D eigenvalue weighted by atomic mass is 15.3. The molecule has 2 N–H and O–H groups in total. The summed E-state index contributed by atoms with van der Waals surface area (Å²) in [5.41, 5.74) is 5.43. The maximum absolute atomic E-state index is 5.39. The molecule has 0 fully saturated rings. The van der Waals surface area contributed by atoms with Gasteiger partial charge in [0.25, 0.3) is 0 Å². The lowest BCUT2D eigenvalue weighted by Crippen LogP contribution is -2.03. The molecule has 76 valence electrons. The van der Waals surface area contributed by atoms with E-state index in [1.807, 2.05) is 0 Å². The molecule has 0 aliphatic rings. The second-order valence-electron chi connectivity index (χ2n) is 4.11. The van der Waals surface area contributed by atoms with Crippen LogP contribution in [0.15, 0.2) is 6.33 Å². The van der Waals surface area contributed by atoms with Crippen molar-refractivity contribution in [2.24, 2.45) is 11.1 Å². The normalized spacial score (nSPS) is 10.9. The molecular formula is C10H16N4. The van der Waals surface area contributed by atoms with E-state index in [1.54, 1.807) is 11.0 Å². The minimum atomic E-state index is 0.0390. The van der Waals surface area contributed by atoms with Crippen molar-refractivity contribution in [1.29, 1.82) is 0 Å². The molecule has 0 saturated carbocycles. The Bertz CT molecular complexity index is 348. The van der Waals surface area contributed by atoms with E-state index in [1.165, 1.54) is 0 Å². The van der Waals surface area contributed by atoms with Gasteiger partial charge in [-0.2, -0.15) is 5.10 Å². The standard InChI is InChI=1S/C10H16N4/c1-10(2,3)5-4-6-14-8-12-9(7-11)13-14/h8H,6-7,11H2,1-3H3. The van der Waals surface area contributed by atoms with Crippen molar-refractivity contribution in [2.75, 3.05) is 0 Å². The molecule has 0 radical (unpaired) electrons. The molecule has 1 aromatic rings. The molecule has 0 spiro atoms. The van der Waals surface area contributed by atoms with Gasteiger partial charge in [0.1, 0.15) is 12.9 Å². The zero-order valence-corrected chi connectivity index (χ0v) is 8.91. The highest BCUT2D eigenvalue weighted by Crippen LogP contribution is 2.09. The molecule has 0 aliphatic heterocycles. The molecular weight excluding hydrogens is 176 g/mol. The summed E-state index contributed by atoms with van der Waals surface area (Å²) in [6.45, 7) is 7.18. The van der Waals surface area contributed by atoms with Crippen LogP contribution in [0.3, 0.4) is 0 Å². The van der Waals surface area contributed by atoms with Crippen LogP contribution in [0.4, 0.5) is 0 Å². The van der Waals surface area contributed by atoms with Gasteiger partial charge in [-0.1, -0.05) is 11.8 Å². The van der Waals surface area contributed by atoms with Crippen LogP contribution >= 0.6 is 0 Å². The van der Waals surface area contributed by atoms with Gasteiger partial charge in [-0.3, -0.25) is 0 Å². The summed E-state index contributed by atoms with van der Waals surface area (Å²) >= 11 is 0. The van der Waals surface area contributed by atoms with Gasteiger partial charge < -0.3 is 5.73 Å². The topological polar surface area (TPSA) is 56.7 Å². The van der Waals surface area contributed by atoms with Crippen LogP contribution in [0.25, 0.3) is 0 Å². The van der Waals surface area contributed by atoms with Crippen LogP contribution in [0.1, 0.15) is 26.6 Å². The van der Waals surface area contributed by atoms with Gasteiger partial charge in [0.05, 0.1) is 6.54 Å². The Morgan fingerprint density at radius 3 is 2.71 bits per heavy atom. The second-order valence-corrected chi connectivity index (χ2v) is 4.11. The lowest BCUT2D eigenvalue weighted by Gasteiger charge is -2.06. The molecule has 0 bridgehead atoms. The summed E-state index contributed by atoms with van der Waals surface area (Å²) < 4.78 is 1.70. The zero-order chi connectivity index (χ0) is 10.6. The summed E-state index contributed by atoms with van der Waals surface area (Å²) in [5, 5.41) is 4.13. The largest absolute Gasteiger partial charge is 0.324 e. The molecule has 1 heterocycles. The van der Waals surface area contributed by atoms with Crippen LogP contribution < -0.4 is 5.73 Å². The van der Waals surface area contributed by atoms with Crippen LogP contribution in [0.2, 0.25) is 0 Å². The minimum absolute atomic E-state index is 0.0390. The summed E-state index contributed by atoms with van der Waals surface area (Å²) in [6, 6.07) is 0. The Balaban J connectivity index is 2.56. The van der Waals surface area contributed by atoms with Crippen molar-refractivity contribution in [3.63, 3.8) is 0 Å². The number of nitrogens with zero attached hydrogens (tertiary/aromatic N) is 3. The molecule has 1 rings (SSSR count). The van der Waals surface area contributed by atoms with E-state index in [9.17, 15) is 0 Å². The van der Waals surface area contributed by atoms with E-state index in [0.29, 0.717) is 18.9 Å². The van der Waals surface area contributed by atoms with E-state index in [-0.39, 0.29) is 5.41 Å². The number of hydrogen-bond donors (Lipinski definition) is 1. The third kappa shape index (κ3) is 3.58. The van der Waals surface area contributed by atoms with Gasteiger partial charge in [-0.15, -0.1) is 0 Å². The third-order valence-electron chi connectivity index (χ3n) is 1.47. The predicted octanol–water partition coefficient (Wildman–Crippen LogP) is 0.786. The van der Waals surface area contributed by atoms with Gasteiger partial charge in [-0.05, 0) is 20.8 Å². The first-order valence-electron chi connectivity index (χ1n) is 4.60. The fourth-order valence-electron chi connectivity index (χ4n) is 0.889. The fraction of sp³-hybridized carbons (Fsp3) is 0.600. The Hall–Kier alpha value is -1.34. The van der Waals surface area contributed by atoms with Crippen molar-refractivity contribution < 1.29 is 0 Å². The predicted molar refractivity (Wildman–Crippen MR) is 55.1 cm³/mol. The first-order valence-corrected chi connectivity index (χ1v) is 4.60. The minimum Gasteiger partial charge on any atom is -0.324 e. The maximum Gasteiger partial charge on any atom is 0.164 e. The number of aromatic nitrogens is 3. The number of rotatable bonds is 2. The van der Waals surface area contributed by atoms with E-state index < -0.39 is 0 Å². The van der Waals surface area contributed by atoms with Gasteiger partial charge in [-0.25, -0.2) is 9.67 Å². The summed E-state index contributed by atoms with van der Waals surface area (Å²) in [5.74, 6) is 6.83. The summed E-state index contributed by atoms with van der Waals surface area (Å²) in [7, 11) is 0. The van der Waals surface area contributed by atoms with E-state index in [4.69, 9.17) is 5.73 Å². The van der Waals surface area contributed by atoms with E-state index in [0.717, 1.165) is 0 Å². The number of hydrogen-bond acceptors (Lipinski definition) is 3. The van der Waals surface area contributed by atoms with Gasteiger partial charge in [0, 0.05) is 5.41 Å². The first kappa shape index (κ1) is 10.7. The highest BCUT2D eigenvalue weighted by molar-refractivity contribution is 5.07. The van der Waals surface area contributed by atoms with Crippen LogP contribution in [-0.2, 0) is 13.1 Å². The molecule has 4 nitrogen and oxygen atoms in total. The maximum atomic E-state index is 5.39. The van der Waals surface area contributed by atoms with Crippen LogP contribution in [0, 0.1) is 17.3 Å². The van der Waals surface area contributed by atoms with Crippen molar-refractivity contribution >= 4 is 0 Å². The van der Waals surface area contributed by atoms with E-state index in [2.05, 4.69) is 42.7 Å². The summed E-state index contributed by atoms with van der Waals surface area (Å²) in [6.07, 6.45) is 1.65. The third-order valence-corrected chi connectivity index (χ3v) is 1.47. The highest BCUT2D eigenvalue weighted by Gasteiger charge is 2.03. The summed E-state index contributed by atoms with van der Waals surface area (Å²) in [4.78, 5) is 4.01. The van der Waals surface area contributed by atoms with Crippen molar-refractivity contribution in [3.05, 3.63) is 12.2 Å². The van der Waals surface area contributed by atoms with Crippen LogP contribution in [0.5, 0.6) is 0 Å². The molecule has 4 heteroatoms. The average molecular weight is 192 g/mol. The molecule has 0 unspecified atom stereocenters. The lowest BCUT2D eigenvalue weighted by molar-refractivity contribution is 0.568. The van der Waals surface area contributed by atoms with Gasteiger partial charge >= 0.3 is 0 Å². The monoisotopic (exact) mass is 192 g/mol. The second kappa shape index (κ2) is 4.25. The molecule has 1 aromatic heterocycles. The Morgan fingerprint density at radius 1 is 1.50 bits per heavy atom. The van der Waals surface area contributed by atoms with E-state index >= 15 is 0 Å². The molecule has 0 atom stereocenters. The molecule has 0 saturated heterocycles. The Labute approximate surface area is 84.5 Å². The fourth-order valence-corrected chi connectivity index (χ4v) is 0.889. The quantitative estimate of drug-likeness (QED) is 0.705. The Kier molecular flexibility index (Phi) is 3.26. The average Bonchev–Trinajstić information content (AvgIpc) is 2.50. The SMILES string of the molecule is CC(C)(C)C#CCn1cnc(CN)n1. The van der Waals surface area contributed by atoms with Gasteiger partial charge in [0.15, 0.2) is 5.82 Å².